The van der Waals surface area contributed by atoms with Gasteiger partial charge in [-0.15, -0.1) is 0 Å². The standard InChI is InChI=1S/C15H23N3/c1-5-18(13(2)11-17(3)4)12-15-9-7-6-8-14(15)10-16/h6-9,13H,5,11-12H2,1-4H3. The summed E-state index contributed by atoms with van der Waals surface area (Å²) < 4.78 is 0. The summed E-state index contributed by atoms with van der Waals surface area (Å²) in [7, 11) is 4.18. The third-order valence-corrected chi connectivity index (χ3v) is 3.17. The second-order valence-electron chi connectivity index (χ2n) is 4.94. The first kappa shape index (κ1) is 14.7. The fraction of sp³-hybridized carbons (Fsp3) is 0.533. The minimum Gasteiger partial charge on any atom is -0.308 e. The van der Waals surface area contributed by atoms with Crippen molar-refractivity contribution in [1.29, 1.82) is 5.26 Å². The van der Waals surface area contributed by atoms with Crippen LogP contribution in [0, 0.1) is 11.3 Å². The van der Waals surface area contributed by atoms with Gasteiger partial charge in [0.05, 0.1) is 11.6 Å². The number of likely N-dealkylation sites (N-methyl/N-ethyl adjacent to an activating group) is 2. The molecule has 0 aromatic heterocycles. The van der Waals surface area contributed by atoms with Gasteiger partial charge in [-0.25, -0.2) is 0 Å². The van der Waals surface area contributed by atoms with Gasteiger partial charge in [-0.3, -0.25) is 4.90 Å². The third-order valence-electron chi connectivity index (χ3n) is 3.17. The van der Waals surface area contributed by atoms with Crippen LogP contribution in [0.4, 0.5) is 0 Å². The van der Waals surface area contributed by atoms with Crippen LogP contribution in [0.5, 0.6) is 0 Å². The maximum absolute atomic E-state index is 9.11. The van der Waals surface area contributed by atoms with Crippen molar-refractivity contribution in [2.24, 2.45) is 0 Å². The van der Waals surface area contributed by atoms with E-state index in [2.05, 4.69) is 43.8 Å². The number of nitriles is 1. The Kier molecular flexibility index (Phi) is 5.84. The average Bonchev–Trinajstić information content (AvgIpc) is 2.35. The molecule has 1 rings (SSSR count). The number of hydrogen-bond donors (Lipinski definition) is 0. The monoisotopic (exact) mass is 245 g/mol. The largest absolute Gasteiger partial charge is 0.308 e. The minimum atomic E-state index is 0.483. The summed E-state index contributed by atoms with van der Waals surface area (Å²) in [6, 6.07) is 10.6. The molecule has 0 amide bonds. The molecular weight excluding hydrogens is 222 g/mol. The number of rotatable bonds is 6. The maximum atomic E-state index is 9.11. The normalized spacial score (nSPS) is 12.7. The zero-order valence-electron chi connectivity index (χ0n) is 11.8. The van der Waals surface area contributed by atoms with Gasteiger partial charge in [-0.1, -0.05) is 25.1 Å². The van der Waals surface area contributed by atoms with Crippen LogP contribution in [0.15, 0.2) is 24.3 Å². The molecule has 0 fully saturated rings. The Hall–Kier alpha value is -1.37. The van der Waals surface area contributed by atoms with Gasteiger partial charge in [-0.05, 0) is 39.2 Å². The summed E-state index contributed by atoms with van der Waals surface area (Å²) >= 11 is 0. The second kappa shape index (κ2) is 7.15. The zero-order valence-corrected chi connectivity index (χ0v) is 11.8. The molecule has 1 aromatic carbocycles. The molecule has 0 aliphatic heterocycles. The molecule has 1 unspecified atom stereocenters. The van der Waals surface area contributed by atoms with Gasteiger partial charge < -0.3 is 4.90 Å². The van der Waals surface area contributed by atoms with Crippen molar-refractivity contribution >= 4 is 0 Å². The van der Waals surface area contributed by atoms with Crippen molar-refractivity contribution in [3.63, 3.8) is 0 Å². The summed E-state index contributed by atoms with van der Waals surface area (Å²) in [6.07, 6.45) is 0. The van der Waals surface area contributed by atoms with Crippen molar-refractivity contribution in [2.45, 2.75) is 26.4 Å². The highest BCUT2D eigenvalue weighted by molar-refractivity contribution is 5.37. The van der Waals surface area contributed by atoms with Gasteiger partial charge in [-0.2, -0.15) is 5.26 Å². The van der Waals surface area contributed by atoms with Gasteiger partial charge >= 0.3 is 0 Å². The van der Waals surface area contributed by atoms with Crippen LogP contribution in [-0.4, -0.2) is 43.0 Å². The molecule has 0 aliphatic rings. The third kappa shape index (κ3) is 4.14. The fourth-order valence-corrected chi connectivity index (χ4v) is 2.21. The van der Waals surface area contributed by atoms with Crippen LogP contribution in [0.2, 0.25) is 0 Å². The number of hydrogen-bond acceptors (Lipinski definition) is 3. The van der Waals surface area contributed by atoms with E-state index in [-0.39, 0.29) is 0 Å². The zero-order chi connectivity index (χ0) is 13.5. The summed E-state index contributed by atoms with van der Waals surface area (Å²) in [5.74, 6) is 0. The van der Waals surface area contributed by atoms with E-state index in [1.54, 1.807) is 0 Å². The topological polar surface area (TPSA) is 30.3 Å². The molecule has 0 N–H and O–H groups in total. The Morgan fingerprint density at radius 1 is 1.28 bits per heavy atom. The number of benzene rings is 1. The van der Waals surface area contributed by atoms with E-state index in [1.807, 2.05) is 24.3 Å². The van der Waals surface area contributed by atoms with E-state index < -0.39 is 0 Å². The quantitative estimate of drug-likeness (QED) is 0.770. The van der Waals surface area contributed by atoms with Gasteiger partial charge in [0.1, 0.15) is 0 Å². The highest BCUT2D eigenvalue weighted by Gasteiger charge is 2.14. The Morgan fingerprint density at radius 3 is 2.50 bits per heavy atom. The molecule has 0 aliphatic carbocycles. The first-order valence-corrected chi connectivity index (χ1v) is 6.45. The Morgan fingerprint density at radius 2 is 1.94 bits per heavy atom. The molecule has 0 bridgehead atoms. The molecule has 0 spiro atoms. The molecule has 98 valence electrons. The molecule has 18 heavy (non-hydrogen) atoms. The molecule has 0 saturated carbocycles. The van der Waals surface area contributed by atoms with Crippen molar-refractivity contribution in [3.8, 4) is 6.07 Å². The first-order valence-electron chi connectivity index (χ1n) is 6.45. The van der Waals surface area contributed by atoms with Crippen LogP contribution in [0.1, 0.15) is 25.0 Å². The highest BCUT2D eigenvalue weighted by Crippen LogP contribution is 2.13. The van der Waals surface area contributed by atoms with Gasteiger partial charge in [0.2, 0.25) is 0 Å². The van der Waals surface area contributed by atoms with E-state index in [1.165, 1.54) is 0 Å². The van der Waals surface area contributed by atoms with Crippen LogP contribution in [0.3, 0.4) is 0 Å². The van der Waals surface area contributed by atoms with E-state index in [4.69, 9.17) is 5.26 Å². The predicted octanol–water partition coefficient (Wildman–Crippen LogP) is 2.33. The van der Waals surface area contributed by atoms with Crippen LogP contribution < -0.4 is 0 Å². The van der Waals surface area contributed by atoms with E-state index in [0.717, 1.165) is 30.8 Å². The van der Waals surface area contributed by atoms with Crippen LogP contribution >= 0.6 is 0 Å². The molecule has 1 atom stereocenters. The van der Waals surface area contributed by atoms with Crippen LogP contribution in [-0.2, 0) is 6.54 Å². The molecular formula is C15H23N3. The van der Waals surface area contributed by atoms with E-state index in [9.17, 15) is 0 Å². The minimum absolute atomic E-state index is 0.483. The summed E-state index contributed by atoms with van der Waals surface area (Å²) in [5, 5.41) is 9.11. The molecule has 1 aromatic rings. The highest BCUT2D eigenvalue weighted by atomic mass is 15.2. The van der Waals surface area contributed by atoms with E-state index >= 15 is 0 Å². The molecule has 3 nitrogen and oxygen atoms in total. The van der Waals surface area contributed by atoms with Crippen molar-refractivity contribution < 1.29 is 0 Å². The lowest BCUT2D eigenvalue weighted by Crippen LogP contribution is -2.39. The van der Waals surface area contributed by atoms with Gasteiger partial charge in [0.25, 0.3) is 0 Å². The maximum Gasteiger partial charge on any atom is 0.0995 e. The SMILES string of the molecule is CCN(Cc1ccccc1C#N)C(C)CN(C)C. The van der Waals surface area contributed by atoms with E-state index in [0.29, 0.717) is 6.04 Å². The summed E-state index contributed by atoms with van der Waals surface area (Å²) in [4.78, 5) is 4.60. The van der Waals surface area contributed by atoms with Gasteiger partial charge in [0, 0.05) is 19.1 Å². The fourth-order valence-electron chi connectivity index (χ4n) is 2.21. The second-order valence-corrected chi connectivity index (χ2v) is 4.94. The first-order chi connectivity index (χ1) is 8.58. The average molecular weight is 245 g/mol. The lowest BCUT2D eigenvalue weighted by atomic mass is 10.1. The smallest absolute Gasteiger partial charge is 0.0995 e. The molecule has 3 heteroatoms. The Bertz CT molecular complexity index is 406. The Balaban J connectivity index is 2.77. The van der Waals surface area contributed by atoms with Crippen molar-refractivity contribution in [1.82, 2.24) is 9.80 Å². The molecule has 0 saturated heterocycles. The van der Waals surface area contributed by atoms with Gasteiger partial charge in [0.15, 0.2) is 0 Å². The van der Waals surface area contributed by atoms with Crippen LogP contribution in [0.25, 0.3) is 0 Å². The number of nitrogens with zero attached hydrogens (tertiary/aromatic N) is 3. The molecule has 0 radical (unpaired) electrons. The summed E-state index contributed by atoms with van der Waals surface area (Å²) in [6.45, 7) is 7.27. The summed E-state index contributed by atoms with van der Waals surface area (Å²) in [5.41, 5.74) is 1.90. The lowest BCUT2D eigenvalue weighted by Gasteiger charge is -2.30. The van der Waals surface area contributed by atoms with Crippen molar-refractivity contribution in [2.75, 3.05) is 27.2 Å². The molecule has 0 heterocycles. The Labute approximate surface area is 111 Å². The lowest BCUT2D eigenvalue weighted by molar-refractivity contribution is 0.174. The van der Waals surface area contributed by atoms with Crippen molar-refractivity contribution in [3.05, 3.63) is 35.4 Å². The predicted molar refractivity (Wildman–Crippen MR) is 75.3 cm³/mol.